The molecule has 1 aliphatic rings. The molecule has 0 aromatic carbocycles. The summed E-state index contributed by atoms with van der Waals surface area (Å²) in [5, 5.41) is 8.40. The number of thiophene rings is 1. The van der Waals surface area contributed by atoms with Crippen molar-refractivity contribution in [2.45, 2.75) is 46.5 Å². The summed E-state index contributed by atoms with van der Waals surface area (Å²) in [5.74, 6) is 1.35. The Hall–Kier alpha value is -2.02. The van der Waals surface area contributed by atoms with Crippen molar-refractivity contribution < 1.29 is 4.79 Å². The number of hydrogen-bond acceptors (Lipinski definition) is 5. The Labute approximate surface area is 144 Å². The lowest BCUT2D eigenvalue weighted by Crippen LogP contribution is -2.26. The summed E-state index contributed by atoms with van der Waals surface area (Å²) in [4.78, 5) is 24.0. The molecule has 3 aromatic heterocycles. The van der Waals surface area contributed by atoms with Crippen LogP contribution in [0, 0.1) is 12.8 Å². The van der Waals surface area contributed by atoms with Crippen LogP contribution in [0.2, 0.25) is 0 Å². The molecule has 0 bridgehead atoms. The van der Waals surface area contributed by atoms with E-state index in [1.54, 1.807) is 15.9 Å². The van der Waals surface area contributed by atoms with E-state index in [2.05, 4.69) is 34.2 Å². The number of carbonyl (C=O) groups is 1. The second kappa shape index (κ2) is 5.81. The van der Waals surface area contributed by atoms with Gasteiger partial charge in [0.15, 0.2) is 5.65 Å². The molecule has 0 fully saturated rings. The van der Waals surface area contributed by atoms with Crippen molar-refractivity contribution in [3.05, 3.63) is 22.1 Å². The zero-order valence-electron chi connectivity index (χ0n) is 14.2. The van der Waals surface area contributed by atoms with E-state index in [0.717, 1.165) is 41.0 Å². The molecule has 0 atom stereocenters. The average molecular weight is 343 g/mol. The summed E-state index contributed by atoms with van der Waals surface area (Å²) in [6.07, 6.45) is 4.33. The summed E-state index contributed by atoms with van der Waals surface area (Å²) < 4.78 is 1.71. The average Bonchev–Trinajstić information content (AvgIpc) is 3.19. The SMILES string of the molecule is Cc1nc2sc3c(c2c2nc(C(=O)NCCC(C)C)nn12)CCC3. The Kier molecular flexibility index (Phi) is 3.75. The largest absolute Gasteiger partial charge is 0.349 e. The van der Waals surface area contributed by atoms with Gasteiger partial charge in [0.2, 0.25) is 5.82 Å². The lowest BCUT2D eigenvalue weighted by molar-refractivity contribution is 0.0942. The molecule has 0 spiro atoms. The van der Waals surface area contributed by atoms with Gasteiger partial charge in [-0.1, -0.05) is 13.8 Å². The van der Waals surface area contributed by atoms with E-state index in [9.17, 15) is 4.79 Å². The van der Waals surface area contributed by atoms with Gasteiger partial charge in [-0.2, -0.15) is 4.52 Å². The Balaban J connectivity index is 1.75. The number of aromatic nitrogens is 4. The van der Waals surface area contributed by atoms with Crippen LogP contribution < -0.4 is 5.32 Å². The standard InChI is InChI=1S/C17H21N5OS/c1-9(2)7-8-18-16(23)14-20-15-13-11-5-4-6-12(11)24-17(13)19-10(3)22(15)21-14/h9H,4-8H2,1-3H3,(H,18,23). The van der Waals surface area contributed by atoms with Crippen LogP contribution >= 0.6 is 11.3 Å². The Morgan fingerprint density at radius 3 is 2.96 bits per heavy atom. The summed E-state index contributed by atoms with van der Waals surface area (Å²) in [6.45, 7) is 6.83. The molecule has 4 rings (SSSR count). The summed E-state index contributed by atoms with van der Waals surface area (Å²) >= 11 is 1.76. The van der Waals surface area contributed by atoms with E-state index in [0.29, 0.717) is 12.5 Å². The molecule has 7 heteroatoms. The van der Waals surface area contributed by atoms with E-state index in [4.69, 9.17) is 0 Å². The molecule has 126 valence electrons. The van der Waals surface area contributed by atoms with Crippen molar-refractivity contribution in [1.29, 1.82) is 0 Å². The van der Waals surface area contributed by atoms with Crippen LogP contribution in [-0.2, 0) is 12.8 Å². The third-order valence-electron chi connectivity index (χ3n) is 4.51. The maximum Gasteiger partial charge on any atom is 0.290 e. The van der Waals surface area contributed by atoms with Crippen molar-refractivity contribution in [3.8, 4) is 0 Å². The van der Waals surface area contributed by atoms with Crippen molar-refractivity contribution in [1.82, 2.24) is 24.9 Å². The second-order valence-corrected chi connectivity index (χ2v) is 7.89. The molecular weight excluding hydrogens is 322 g/mol. The van der Waals surface area contributed by atoms with Crippen molar-refractivity contribution >= 4 is 33.1 Å². The van der Waals surface area contributed by atoms with Crippen molar-refractivity contribution in [2.24, 2.45) is 5.92 Å². The van der Waals surface area contributed by atoms with Gasteiger partial charge >= 0.3 is 0 Å². The van der Waals surface area contributed by atoms with E-state index in [-0.39, 0.29) is 11.7 Å². The maximum absolute atomic E-state index is 12.3. The lowest BCUT2D eigenvalue weighted by Gasteiger charge is -2.04. The zero-order valence-corrected chi connectivity index (χ0v) is 15.0. The van der Waals surface area contributed by atoms with Gasteiger partial charge in [0, 0.05) is 11.4 Å². The minimum absolute atomic E-state index is 0.209. The number of rotatable bonds is 4. The van der Waals surface area contributed by atoms with Gasteiger partial charge in [0.05, 0.1) is 5.39 Å². The Morgan fingerprint density at radius 2 is 2.17 bits per heavy atom. The highest BCUT2D eigenvalue weighted by Gasteiger charge is 2.24. The number of nitrogens with zero attached hydrogens (tertiary/aromatic N) is 4. The van der Waals surface area contributed by atoms with Crippen LogP contribution in [0.4, 0.5) is 0 Å². The van der Waals surface area contributed by atoms with Gasteiger partial charge in [-0.25, -0.2) is 9.97 Å². The maximum atomic E-state index is 12.3. The lowest BCUT2D eigenvalue weighted by atomic mass is 10.1. The molecule has 6 nitrogen and oxygen atoms in total. The number of aryl methyl sites for hydroxylation is 3. The quantitative estimate of drug-likeness (QED) is 0.790. The molecule has 3 aromatic rings. The van der Waals surface area contributed by atoms with Crippen LogP contribution in [0.25, 0.3) is 15.9 Å². The van der Waals surface area contributed by atoms with Gasteiger partial charge in [-0.05, 0) is 44.1 Å². The molecule has 1 N–H and O–H groups in total. The normalized spacial score (nSPS) is 14.0. The third kappa shape index (κ3) is 2.47. The van der Waals surface area contributed by atoms with Crippen LogP contribution in [0.15, 0.2) is 0 Å². The van der Waals surface area contributed by atoms with Crippen LogP contribution in [0.3, 0.4) is 0 Å². The molecular formula is C17H21N5OS. The number of hydrogen-bond donors (Lipinski definition) is 1. The first-order valence-electron chi connectivity index (χ1n) is 8.50. The summed E-state index contributed by atoms with van der Waals surface area (Å²) in [5.41, 5.74) is 2.12. The number of carbonyl (C=O) groups excluding carboxylic acids is 1. The predicted molar refractivity (Wildman–Crippen MR) is 94.7 cm³/mol. The van der Waals surface area contributed by atoms with E-state index in [1.165, 1.54) is 16.9 Å². The fourth-order valence-electron chi connectivity index (χ4n) is 3.24. The van der Waals surface area contributed by atoms with E-state index >= 15 is 0 Å². The minimum Gasteiger partial charge on any atom is -0.349 e. The molecule has 0 saturated carbocycles. The van der Waals surface area contributed by atoms with Crippen LogP contribution in [-0.4, -0.2) is 32.0 Å². The Bertz CT molecular complexity index is 940. The van der Waals surface area contributed by atoms with Gasteiger partial charge in [0.1, 0.15) is 10.7 Å². The third-order valence-corrected chi connectivity index (χ3v) is 5.70. The van der Waals surface area contributed by atoms with Crippen molar-refractivity contribution in [2.75, 3.05) is 6.54 Å². The fraction of sp³-hybridized carbons (Fsp3) is 0.529. The summed E-state index contributed by atoms with van der Waals surface area (Å²) in [7, 11) is 0. The van der Waals surface area contributed by atoms with Gasteiger partial charge in [0.25, 0.3) is 5.91 Å². The van der Waals surface area contributed by atoms with Gasteiger partial charge < -0.3 is 5.32 Å². The Morgan fingerprint density at radius 1 is 1.33 bits per heavy atom. The minimum atomic E-state index is -0.209. The molecule has 0 unspecified atom stereocenters. The first-order valence-corrected chi connectivity index (χ1v) is 9.32. The molecule has 1 amide bonds. The number of amides is 1. The van der Waals surface area contributed by atoms with Crippen LogP contribution in [0.1, 0.15) is 53.6 Å². The second-order valence-electron chi connectivity index (χ2n) is 6.81. The first-order chi connectivity index (χ1) is 11.5. The van der Waals surface area contributed by atoms with E-state index in [1.807, 2.05) is 6.92 Å². The summed E-state index contributed by atoms with van der Waals surface area (Å²) in [6, 6.07) is 0. The van der Waals surface area contributed by atoms with Gasteiger partial charge in [-0.3, -0.25) is 4.79 Å². The smallest absolute Gasteiger partial charge is 0.290 e. The van der Waals surface area contributed by atoms with Crippen LogP contribution in [0.5, 0.6) is 0 Å². The highest BCUT2D eigenvalue weighted by Crippen LogP contribution is 2.38. The molecule has 1 aliphatic carbocycles. The topological polar surface area (TPSA) is 72.2 Å². The predicted octanol–water partition coefficient (Wildman–Crippen LogP) is 2.91. The van der Waals surface area contributed by atoms with Gasteiger partial charge in [-0.15, -0.1) is 16.4 Å². The monoisotopic (exact) mass is 343 g/mol. The fourth-order valence-corrected chi connectivity index (χ4v) is 4.54. The molecule has 0 aliphatic heterocycles. The molecule has 0 radical (unpaired) electrons. The number of fused-ring (bicyclic) bond motifs is 5. The zero-order chi connectivity index (χ0) is 16.8. The number of nitrogens with one attached hydrogen (secondary N) is 1. The molecule has 24 heavy (non-hydrogen) atoms. The van der Waals surface area contributed by atoms with E-state index < -0.39 is 0 Å². The molecule has 3 heterocycles. The highest BCUT2D eigenvalue weighted by atomic mass is 32.1. The molecule has 0 saturated heterocycles. The first kappa shape index (κ1) is 15.5. The highest BCUT2D eigenvalue weighted by molar-refractivity contribution is 7.19. The van der Waals surface area contributed by atoms with Crippen molar-refractivity contribution in [3.63, 3.8) is 0 Å².